The van der Waals surface area contributed by atoms with Crippen molar-refractivity contribution in [2.75, 3.05) is 19.4 Å². The third kappa shape index (κ3) is 3.63. The van der Waals surface area contributed by atoms with Crippen LogP contribution in [-0.4, -0.2) is 48.8 Å². The Kier molecular flexibility index (Phi) is 4.64. The Labute approximate surface area is 162 Å². The molecule has 1 aromatic heterocycles. The van der Waals surface area contributed by atoms with Gasteiger partial charge in [-0.1, -0.05) is 6.07 Å². The zero-order valence-electron chi connectivity index (χ0n) is 15.3. The van der Waals surface area contributed by atoms with Gasteiger partial charge in [-0.05, 0) is 42.0 Å². The minimum atomic E-state index is -3.29. The van der Waals surface area contributed by atoms with E-state index < -0.39 is 9.84 Å². The molecule has 1 aliphatic heterocycles. The van der Waals surface area contributed by atoms with E-state index in [4.69, 9.17) is 4.74 Å². The van der Waals surface area contributed by atoms with Crippen LogP contribution < -0.4 is 4.74 Å². The van der Waals surface area contributed by atoms with E-state index in [1.54, 1.807) is 23.2 Å². The van der Waals surface area contributed by atoms with E-state index in [0.717, 1.165) is 28.7 Å². The maximum atomic E-state index is 12.9. The Bertz CT molecular complexity index is 1110. The van der Waals surface area contributed by atoms with Gasteiger partial charge in [-0.25, -0.2) is 8.42 Å². The lowest BCUT2D eigenvalue weighted by Gasteiger charge is -2.20. The number of sulfone groups is 1. The van der Waals surface area contributed by atoms with Crippen molar-refractivity contribution in [2.45, 2.75) is 11.4 Å². The monoisotopic (exact) mass is 397 g/mol. The van der Waals surface area contributed by atoms with Crippen LogP contribution in [0.2, 0.25) is 0 Å². The minimum absolute atomic E-state index is 0.162. The molecule has 0 unspecified atom stereocenters. The molecule has 7 nitrogen and oxygen atoms in total. The summed E-state index contributed by atoms with van der Waals surface area (Å²) in [6.07, 6.45) is 4.70. The van der Waals surface area contributed by atoms with Crippen LogP contribution in [0.4, 0.5) is 0 Å². The number of ether oxygens (including phenoxy) is 1. The first-order chi connectivity index (χ1) is 13.4. The van der Waals surface area contributed by atoms with E-state index in [-0.39, 0.29) is 10.8 Å². The molecule has 0 atom stereocenters. The number of aromatic amines is 1. The quantitative estimate of drug-likeness (QED) is 0.733. The lowest BCUT2D eigenvalue weighted by atomic mass is 10.0. The van der Waals surface area contributed by atoms with Crippen LogP contribution in [0.15, 0.2) is 59.8 Å². The van der Waals surface area contributed by atoms with Gasteiger partial charge in [0.15, 0.2) is 9.84 Å². The zero-order chi connectivity index (χ0) is 19.7. The van der Waals surface area contributed by atoms with Crippen molar-refractivity contribution in [2.24, 2.45) is 0 Å². The number of carbonyl (C=O) groups excluding carboxylic acids is 1. The van der Waals surface area contributed by atoms with Gasteiger partial charge in [0.2, 0.25) is 0 Å². The van der Waals surface area contributed by atoms with Gasteiger partial charge in [-0.15, -0.1) is 0 Å². The van der Waals surface area contributed by atoms with Gasteiger partial charge in [0.1, 0.15) is 12.4 Å². The summed E-state index contributed by atoms with van der Waals surface area (Å²) >= 11 is 0. The Balaban J connectivity index is 1.60. The third-order valence-electron chi connectivity index (χ3n) is 4.69. The third-order valence-corrected chi connectivity index (χ3v) is 5.82. The lowest BCUT2D eigenvalue weighted by molar-refractivity contribution is 0.0733. The molecular formula is C20H19N3O4S. The standard InChI is InChI=1S/C20H19N3O4S/c1-28(25,26)18-5-2-14(3-6-18)20(24)23-8-9-27-19-7-4-15(10-16(19)13-23)17-11-21-22-12-17/h2-7,10-12H,8-9,13H2,1H3,(H,21,22). The molecule has 0 saturated heterocycles. The number of benzene rings is 2. The predicted molar refractivity (Wildman–Crippen MR) is 104 cm³/mol. The number of aromatic nitrogens is 2. The molecule has 0 saturated carbocycles. The highest BCUT2D eigenvalue weighted by atomic mass is 32.2. The van der Waals surface area contributed by atoms with Crippen LogP contribution in [0.1, 0.15) is 15.9 Å². The maximum absolute atomic E-state index is 12.9. The fourth-order valence-electron chi connectivity index (χ4n) is 3.18. The van der Waals surface area contributed by atoms with Gasteiger partial charge < -0.3 is 9.64 Å². The van der Waals surface area contributed by atoms with Crippen LogP contribution in [0, 0.1) is 0 Å². The molecule has 0 radical (unpaired) electrons. The van der Waals surface area contributed by atoms with Gasteiger partial charge in [-0.3, -0.25) is 9.89 Å². The lowest BCUT2D eigenvalue weighted by Crippen LogP contribution is -2.32. The Morgan fingerprint density at radius 2 is 1.93 bits per heavy atom. The average molecular weight is 397 g/mol. The summed E-state index contributed by atoms with van der Waals surface area (Å²) in [7, 11) is -3.29. The molecule has 8 heteroatoms. The summed E-state index contributed by atoms with van der Waals surface area (Å²) in [5.41, 5.74) is 3.31. The topological polar surface area (TPSA) is 92.4 Å². The predicted octanol–water partition coefficient (Wildman–Crippen LogP) is 2.52. The highest BCUT2D eigenvalue weighted by Crippen LogP contribution is 2.29. The van der Waals surface area contributed by atoms with Crippen LogP contribution in [0.25, 0.3) is 11.1 Å². The van der Waals surface area contributed by atoms with Gasteiger partial charge in [0.25, 0.3) is 5.91 Å². The summed E-state index contributed by atoms with van der Waals surface area (Å²) in [6.45, 7) is 1.25. The number of amides is 1. The molecule has 4 rings (SSSR count). The maximum Gasteiger partial charge on any atom is 0.254 e. The second-order valence-corrected chi connectivity index (χ2v) is 8.70. The number of carbonyl (C=O) groups is 1. The summed E-state index contributed by atoms with van der Waals surface area (Å²) in [6, 6.07) is 11.9. The SMILES string of the molecule is CS(=O)(=O)c1ccc(C(=O)N2CCOc3ccc(-c4cn[nH]c4)cc3C2)cc1. The first-order valence-corrected chi connectivity index (χ1v) is 10.7. The summed E-state index contributed by atoms with van der Waals surface area (Å²) < 4.78 is 29.0. The Morgan fingerprint density at radius 1 is 1.14 bits per heavy atom. The second kappa shape index (κ2) is 7.12. The summed E-state index contributed by atoms with van der Waals surface area (Å²) in [5, 5.41) is 6.77. The molecular weight excluding hydrogens is 378 g/mol. The van der Waals surface area contributed by atoms with Crippen LogP contribution in [0.3, 0.4) is 0 Å². The summed E-state index contributed by atoms with van der Waals surface area (Å²) in [4.78, 5) is 14.8. The molecule has 3 aromatic rings. The number of fused-ring (bicyclic) bond motifs is 1. The van der Waals surface area contributed by atoms with E-state index in [1.165, 1.54) is 12.1 Å². The molecule has 1 amide bonds. The highest BCUT2D eigenvalue weighted by Gasteiger charge is 2.22. The molecule has 28 heavy (non-hydrogen) atoms. The minimum Gasteiger partial charge on any atom is -0.491 e. The van der Waals surface area contributed by atoms with Gasteiger partial charge in [0.05, 0.1) is 17.6 Å². The van der Waals surface area contributed by atoms with E-state index >= 15 is 0 Å². The highest BCUT2D eigenvalue weighted by molar-refractivity contribution is 7.90. The number of hydrogen-bond acceptors (Lipinski definition) is 5. The molecule has 0 bridgehead atoms. The van der Waals surface area contributed by atoms with Crippen LogP contribution >= 0.6 is 0 Å². The van der Waals surface area contributed by atoms with Crippen molar-refractivity contribution in [1.82, 2.24) is 15.1 Å². The zero-order valence-corrected chi connectivity index (χ0v) is 16.1. The normalized spacial score (nSPS) is 14.1. The molecule has 0 fully saturated rings. The van der Waals surface area contributed by atoms with E-state index in [9.17, 15) is 13.2 Å². The van der Waals surface area contributed by atoms with Crippen molar-refractivity contribution in [3.8, 4) is 16.9 Å². The van der Waals surface area contributed by atoms with Crippen LogP contribution in [-0.2, 0) is 16.4 Å². The molecule has 1 N–H and O–H groups in total. The molecule has 1 aliphatic rings. The number of nitrogens with one attached hydrogen (secondary N) is 1. The van der Waals surface area contributed by atoms with Crippen molar-refractivity contribution in [1.29, 1.82) is 0 Å². The average Bonchev–Trinajstić information content (AvgIpc) is 3.13. The number of hydrogen-bond donors (Lipinski definition) is 1. The molecule has 2 heterocycles. The van der Waals surface area contributed by atoms with Crippen molar-refractivity contribution in [3.05, 3.63) is 66.0 Å². The molecule has 0 spiro atoms. The van der Waals surface area contributed by atoms with Gasteiger partial charge in [0, 0.05) is 35.7 Å². The number of rotatable bonds is 3. The largest absolute Gasteiger partial charge is 0.491 e. The Morgan fingerprint density at radius 3 is 2.61 bits per heavy atom. The number of H-pyrrole nitrogens is 1. The molecule has 144 valence electrons. The molecule has 2 aromatic carbocycles. The summed E-state index contributed by atoms with van der Waals surface area (Å²) in [5.74, 6) is 0.597. The Hall–Kier alpha value is -3.13. The van der Waals surface area contributed by atoms with E-state index in [2.05, 4.69) is 10.2 Å². The van der Waals surface area contributed by atoms with Gasteiger partial charge >= 0.3 is 0 Å². The fourth-order valence-corrected chi connectivity index (χ4v) is 3.81. The fraction of sp³-hybridized carbons (Fsp3) is 0.200. The first kappa shape index (κ1) is 18.2. The molecule has 0 aliphatic carbocycles. The first-order valence-electron chi connectivity index (χ1n) is 8.76. The van der Waals surface area contributed by atoms with Gasteiger partial charge in [-0.2, -0.15) is 5.10 Å². The second-order valence-electron chi connectivity index (χ2n) is 6.68. The van der Waals surface area contributed by atoms with Crippen molar-refractivity contribution in [3.63, 3.8) is 0 Å². The smallest absolute Gasteiger partial charge is 0.254 e. The van der Waals surface area contributed by atoms with Crippen molar-refractivity contribution < 1.29 is 17.9 Å². The van der Waals surface area contributed by atoms with E-state index in [1.807, 2.05) is 24.4 Å². The van der Waals surface area contributed by atoms with Crippen LogP contribution in [0.5, 0.6) is 5.75 Å². The van der Waals surface area contributed by atoms with E-state index in [0.29, 0.717) is 25.3 Å². The van der Waals surface area contributed by atoms with Crippen molar-refractivity contribution >= 4 is 15.7 Å². The number of nitrogens with zero attached hydrogens (tertiary/aromatic N) is 2.